The Morgan fingerprint density at radius 3 is 2.75 bits per heavy atom. The van der Waals surface area contributed by atoms with E-state index in [0.717, 1.165) is 18.4 Å². The third kappa shape index (κ3) is 4.07. The Labute approximate surface area is 167 Å². The molecule has 0 spiro atoms. The van der Waals surface area contributed by atoms with Crippen molar-refractivity contribution < 1.29 is 13.6 Å². The maximum absolute atomic E-state index is 13.1. The summed E-state index contributed by atoms with van der Waals surface area (Å²) in [6.45, 7) is 1.24. The van der Waals surface area contributed by atoms with Gasteiger partial charge in [-0.1, -0.05) is 29.8 Å². The Morgan fingerprint density at radius 1 is 1.18 bits per heavy atom. The Balaban J connectivity index is 1.44. The topological polar surface area (TPSA) is 59.2 Å². The van der Waals surface area contributed by atoms with E-state index >= 15 is 0 Å². The fraction of sp³-hybridized carbons (Fsp3) is 0.286. The second-order valence-corrected chi connectivity index (χ2v) is 7.31. The quantitative estimate of drug-likeness (QED) is 0.649. The summed E-state index contributed by atoms with van der Waals surface area (Å²) in [5.41, 5.74) is 1.50. The molecule has 2 heterocycles. The lowest BCUT2D eigenvalue weighted by molar-refractivity contribution is -0.131. The number of hydrogen-bond acceptors (Lipinski definition) is 4. The van der Waals surface area contributed by atoms with Crippen molar-refractivity contribution in [2.75, 3.05) is 13.1 Å². The molecule has 28 heavy (non-hydrogen) atoms. The number of carbonyl (C=O) groups is 1. The van der Waals surface area contributed by atoms with Crippen molar-refractivity contribution in [3.63, 3.8) is 0 Å². The molecule has 0 radical (unpaired) electrons. The fourth-order valence-electron chi connectivity index (χ4n) is 3.43. The van der Waals surface area contributed by atoms with Gasteiger partial charge in [0.2, 0.25) is 17.7 Å². The molecule has 5 nitrogen and oxygen atoms in total. The Morgan fingerprint density at radius 2 is 1.96 bits per heavy atom. The number of halogens is 2. The molecule has 1 aliphatic heterocycles. The first kappa shape index (κ1) is 18.6. The van der Waals surface area contributed by atoms with E-state index in [1.54, 1.807) is 18.2 Å². The maximum atomic E-state index is 13.1. The molecule has 1 atom stereocenters. The van der Waals surface area contributed by atoms with Gasteiger partial charge < -0.3 is 9.32 Å². The summed E-state index contributed by atoms with van der Waals surface area (Å²) in [6.07, 6.45) is 2.02. The number of hydrogen-bond donors (Lipinski definition) is 0. The van der Waals surface area contributed by atoms with Gasteiger partial charge in [0.05, 0.1) is 12.3 Å². The third-order valence-electron chi connectivity index (χ3n) is 4.95. The lowest BCUT2D eigenvalue weighted by Crippen LogP contribution is -2.40. The number of piperidine rings is 1. The SMILES string of the molecule is O=C(Cc1ccccc1Cl)N1CCCC(c2nnc(-c3ccc(F)cc3)o2)C1. The highest BCUT2D eigenvalue weighted by atomic mass is 35.5. The summed E-state index contributed by atoms with van der Waals surface area (Å²) in [6, 6.07) is 13.3. The standard InChI is InChI=1S/C21H19ClFN3O2/c22-18-6-2-1-4-15(18)12-19(27)26-11-3-5-16(13-26)21-25-24-20(28-21)14-7-9-17(23)10-8-14/h1-2,4,6-10,16H,3,5,11-13H2. The van der Waals surface area contributed by atoms with Gasteiger partial charge in [-0.05, 0) is 48.7 Å². The summed E-state index contributed by atoms with van der Waals surface area (Å²) in [5.74, 6) is 0.578. The van der Waals surface area contributed by atoms with Crippen molar-refractivity contribution in [3.05, 3.63) is 70.8 Å². The molecule has 2 aromatic carbocycles. The molecule has 1 aliphatic rings. The second-order valence-electron chi connectivity index (χ2n) is 6.90. The molecule has 4 rings (SSSR count). The average Bonchev–Trinajstić information content (AvgIpc) is 3.21. The van der Waals surface area contributed by atoms with Gasteiger partial charge in [-0.15, -0.1) is 10.2 Å². The Bertz CT molecular complexity index is 974. The van der Waals surface area contributed by atoms with Gasteiger partial charge in [-0.25, -0.2) is 4.39 Å². The number of likely N-dealkylation sites (tertiary alicyclic amines) is 1. The number of rotatable bonds is 4. The highest BCUT2D eigenvalue weighted by Crippen LogP contribution is 2.29. The normalized spacial score (nSPS) is 16.9. The van der Waals surface area contributed by atoms with Crippen LogP contribution in [0.25, 0.3) is 11.5 Å². The van der Waals surface area contributed by atoms with E-state index in [-0.39, 0.29) is 24.1 Å². The van der Waals surface area contributed by atoms with Crippen LogP contribution in [0.3, 0.4) is 0 Å². The maximum Gasteiger partial charge on any atom is 0.247 e. The van der Waals surface area contributed by atoms with E-state index in [0.29, 0.717) is 35.5 Å². The number of aromatic nitrogens is 2. The molecule has 3 aromatic rings. The van der Waals surface area contributed by atoms with Crippen molar-refractivity contribution in [2.24, 2.45) is 0 Å². The zero-order valence-electron chi connectivity index (χ0n) is 15.1. The van der Waals surface area contributed by atoms with Crippen LogP contribution in [0.4, 0.5) is 4.39 Å². The molecule has 0 aliphatic carbocycles. The van der Waals surface area contributed by atoms with Gasteiger partial charge in [-0.3, -0.25) is 4.79 Å². The molecule has 0 bridgehead atoms. The summed E-state index contributed by atoms with van der Waals surface area (Å²) in [5, 5.41) is 8.84. The predicted octanol–water partition coefficient (Wildman–Crippen LogP) is 4.48. The Hall–Kier alpha value is -2.73. The van der Waals surface area contributed by atoms with Crippen LogP contribution in [0.15, 0.2) is 52.9 Å². The van der Waals surface area contributed by atoms with Gasteiger partial charge in [0.1, 0.15) is 5.82 Å². The van der Waals surface area contributed by atoms with Crippen LogP contribution < -0.4 is 0 Å². The zero-order valence-corrected chi connectivity index (χ0v) is 15.9. The number of carbonyl (C=O) groups excluding carboxylic acids is 1. The molecule has 1 fully saturated rings. The monoisotopic (exact) mass is 399 g/mol. The van der Waals surface area contributed by atoms with Crippen LogP contribution in [0.1, 0.15) is 30.2 Å². The first-order chi connectivity index (χ1) is 13.6. The van der Waals surface area contributed by atoms with Crippen LogP contribution in [0.2, 0.25) is 5.02 Å². The van der Waals surface area contributed by atoms with Gasteiger partial charge in [0, 0.05) is 23.7 Å². The molecule has 144 valence electrons. The van der Waals surface area contributed by atoms with Crippen molar-refractivity contribution in [2.45, 2.75) is 25.2 Å². The first-order valence-electron chi connectivity index (χ1n) is 9.20. The highest BCUT2D eigenvalue weighted by molar-refractivity contribution is 6.31. The van der Waals surface area contributed by atoms with E-state index in [4.69, 9.17) is 16.0 Å². The summed E-state index contributed by atoms with van der Waals surface area (Å²) < 4.78 is 18.9. The molecular weight excluding hydrogens is 381 g/mol. The zero-order chi connectivity index (χ0) is 19.5. The average molecular weight is 400 g/mol. The number of benzene rings is 2. The predicted molar refractivity (Wildman–Crippen MR) is 103 cm³/mol. The minimum atomic E-state index is -0.316. The number of nitrogens with zero attached hydrogens (tertiary/aromatic N) is 3. The van der Waals surface area contributed by atoms with Crippen LogP contribution in [0.5, 0.6) is 0 Å². The molecule has 1 saturated heterocycles. The van der Waals surface area contributed by atoms with E-state index < -0.39 is 0 Å². The summed E-state index contributed by atoms with van der Waals surface area (Å²) in [7, 11) is 0. The minimum Gasteiger partial charge on any atom is -0.420 e. The molecule has 1 unspecified atom stereocenters. The molecule has 7 heteroatoms. The van der Waals surface area contributed by atoms with Crippen LogP contribution in [0, 0.1) is 5.82 Å². The van der Waals surface area contributed by atoms with Gasteiger partial charge in [-0.2, -0.15) is 0 Å². The van der Waals surface area contributed by atoms with Crippen LogP contribution in [-0.2, 0) is 11.2 Å². The van der Waals surface area contributed by atoms with Crippen LogP contribution >= 0.6 is 11.6 Å². The molecule has 0 saturated carbocycles. The molecule has 0 N–H and O–H groups in total. The van der Waals surface area contributed by atoms with E-state index in [1.807, 2.05) is 23.1 Å². The van der Waals surface area contributed by atoms with E-state index in [1.165, 1.54) is 12.1 Å². The van der Waals surface area contributed by atoms with Gasteiger partial charge in [0.25, 0.3) is 0 Å². The first-order valence-corrected chi connectivity index (χ1v) is 9.58. The highest BCUT2D eigenvalue weighted by Gasteiger charge is 2.28. The lowest BCUT2D eigenvalue weighted by atomic mass is 9.97. The van der Waals surface area contributed by atoms with Crippen molar-refractivity contribution in [3.8, 4) is 11.5 Å². The smallest absolute Gasteiger partial charge is 0.247 e. The largest absolute Gasteiger partial charge is 0.420 e. The summed E-state index contributed by atoms with van der Waals surface area (Å²) >= 11 is 6.18. The fourth-order valence-corrected chi connectivity index (χ4v) is 3.63. The van der Waals surface area contributed by atoms with Crippen molar-refractivity contribution in [1.29, 1.82) is 0 Å². The molecule has 1 amide bonds. The molecular formula is C21H19ClFN3O2. The summed E-state index contributed by atoms with van der Waals surface area (Å²) in [4.78, 5) is 14.6. The third-order valence-corrected chi connectivity index (χ3v) is 5.32. The minimum absolute atomic E-state index is 0.00866. The number of amides is 1. The van der Waals surface area contributed by atoms with Gasteiger partial charge in [0.15, 0.2) is 0 Å². The Kier molecular flexibility index (Phi) is 5.39. The van der Waals surface area contributed by atoms with Crippen LogP contribution in [-0.4, -0.2) is 34.1 Å². The molecule has 1 aromatic heterocycles. The van der Waals surface area contributed by atoms with Gasteiger partial charge >= 0.3 is 0 Å². The second kappa shape index (κ2) is 8.10. The van der Waals surface area contributed by atoms with E-state index in [9.17, 15) is 9.18 Å². The van der Waals surface area contributed by atoms with Crippen molar-refractivity contribution in [1.82, 2.24) is 15.1 Å². The van der Waals surface area contributed by atoms with Crippen molar-refractivity contribution >= 4 is 17.5 Å². The van der Waals surface area contributed by atoms with E-state index in [2.05, 4.69) is 10.2 Å². The lowest BCUT2D eigenvalue weighted by Gasteiger charge is -2.31.